The molecule has 3 atom stereocenters. The van der Waals surface area contributed by atoms with E-state index in [-0.39, 0.29) is 11.5 Å². The molecule has 23 heavy (non-hydrogen) atoms. The third-order valence-electron chi connectivity index (χ3n) is 3.69. The van der Waals surface area contributed by atoms with Gasteiger partial charge in [0.05, 0.1) is 4.90 Å². The van der Waals surface area contributed by atoms with Crippen LogP contribution in [0.4, 0.5) is 0 Å². The van der Waals surface area contributed by atoms with Crippen LogP contribution in [0.3, 0.4) is 0 Å². The fourth-order valence-corrected chi connectivity index (χ4v) is 3.50. The predicted molar refractivity (Wildman–Crippen MR) is 78.0 cm³/mol. The summed E-state index contributed by atoms with van der Waals surface area (Å²) >= 11 is 0. The van der Waals surface area contributed by atoms with Crippen LogP contribution in [0.25, 0.3) is 0 Å². The molecule has 2 saturated heterocycles. The van der Waals surface area contributed by atoms with E-state index < -0.39 is 40.2 Å². The summed E-state index contributed by atoms with van der Waals surface area (Å²) in [5.41, 5.74) is 0.940. The summed E-state index contributed by atoms with van der Waals surface area (Å²) in [5.74, 6) is -1.48. The molecule has 8 heteroatoms. The molecule has 0 aromatic heterocycles. The van der Waals surface area contributed by atoms with E-state index in [0.717, 1.165) is 5.56 Å². The Morgan fingerprint density at radius 1 is 1.17 bits per heavy atom. The number of esters is 1. The van der Waals surface area contributed by atoms with E-state index in [0.29, 0.717) is 0 Å². The van der Waals surface area contributed by atoms with Crippen LogP contribution >= 0.6 is 0 Å². The molecule has 1 aromatic rings. The molecule has 0 N–H and O–H groups in total. The molecule has 2 fully saturated rings. The molecule has 126 valence electrons. The van der Waals surface area contributed by atoms with Gasteiger partial charge in [-0.3, -0.25) is 4.18 Å². The second kappa shape index (κ2) is 5.55. The highest BCUT2D eigenvalue weighted by molar-refractivity contribution is 7.86. The van der Waals surface area contributed by atoms with Crippen molar-refractivity contribution in [2.45, 2.75) is 49.8 Å². The number of carbonyl (C=O) groups excluding carboxylic acids is 1. The molecule has 0 amide bonds. The third-order valence-corrected chi connectivity index (χ3v) is 4.99. The molecular weight excluding hydrogens is 324 g/mol. The average molecular weight is 342 g/mol. The third kappa shape index (κ3) is 3.25. The maximum atomic E-state index is 12.2. The summed E-state index contributed by atoms with van der Waals surface area (Å²) < 4.78 is 45.5. The quantitative estimate of drug-likeness (QED) is 0.599. The molecule has 3 rings (SSSR count). The van der Waals surface area contributed by atoms with E-state index in [1.807, 2.05) is 6.92 Å². The number of fused-ring (bicyclic) bond motifs is 1. The first-order chi connectivity index (χ1) is 10.7. The Morgan fingerprint density at radius 2 is 1.83 bits per heavy atom. The fourth-order valence-electron chi connectivity index (χ4n) is 2.59. The van der Waals surface area contributed by atoms with Crippen molar-refractivity contribution in [2.24, 2.45) is 0 Å². The van der Waals surface area contributed by atoms with E-state index in [1.54, 1.807) is 26.0 Å². The van der Waals surface area contributed by atoms with E-state index in [9.17, 15) is 13.2 Å². The van der Waals surface area contributed by atoms with Gasteiger partial charge in [0.2, 0.25) is 0 Å². The van der Waals surface area contributed by atoms with Crippen molar-refractivity contribution < 1.29 is 31.6 Å². The fraction of sp³-hybridized carbons (Fsp3) is 0.533. The lowest BCUT2D eigenvalue weighted by Crippen LogP contribution is -2.33. The predicted octanol–water partition coefficient (Wildman–Crippen LogP) is 1.15. The maximum absolute atomic E-state index is 12.2. The summed E-state index contributed by atoms with van der Waals surface area (Å²) in [4.78, 5) is 11.8. The number of carbonyl (C=O) groups is 1. The molecule has 0 bridgehead atoms. The van der Waals surface area contributed by atoms with Crippen LogP contribution in [0.2, 0.25) is 0 Å². The van der Waals surface area contributed by atoms with Gasteiger partial charge < -0.3 is 14.2 Å². The topological polar surface area (TPSA) is 88.1 Å². The first kappa shape index (κ1) is 16.4. The first-order valence-electron chi connectivity index (χ1n) is 7.20. The lowest BCUT2D eigenvalue weighted by atomic mass is 10.1. The number of cyclic esters (lactones) is 1. The van der Waals surface area contributed by atoms with Gasteiger partial charge in [0.1, 0.15) is 12.7 Å². The highest BCUT2D eigenvalue weighted by Crippen LogP contribution is 2.36. The van der Waals surface area contributed by atoms with Gasteiger partial charge in [0.15, 0.2) is 18.0 Å². The van der Waals surface area contributed by atoms with Crippen molar-refractivity contribution in [3.63, 3.8) is 0 Å². The molecule has 0 aliphatic carbocycles. The number of ether oxygens (including phenoxy) is 3. The number of hydrogen-bond donors (Lipinski definition) is 0. The number of aryl methyl sites for hydroxylation is 1. The van der Waals surface area contributed by atoms with E-state index in [2.05, 4.69) is 0 Å². The van der Waals surface area contributed by atoms with Gasteiger partial charge in [-0.1, -0.05) is 17.7 Å². The van der Waals surface area contributed by atoms with Crippen molar-refractivity contribution in [3.8, 4) is 0 Å². The maximum Gasteiger partial charge on any atom is 0.338 e. The second-order valence-corrected chi connectivity index (χ2v) is 7.66. The van der Waals surface area contributed by atoms with Crippen LogP contribution in [-0.2, 0) is 33.3 Å². The van der Waals surface area contributed by atoms with Gasteiger partial charge in [0, 0.05) is 0 Å². The van der Waals surface area contributed by atoms with E-state index >= 15 is 0 Å². The summed E-state index contributed by atoms with van der Waals surface area (Å²) in [7, 11) is -3.93. The zero-order chi connectivity index (χ0) is 16.8. The minimum Gasteiger partial charge on any atom is -0.455 e. The van der Waals surface area contributed by atoms with Crippen molar-refractivity contribution in [1.29, 1.82) is 0 Å². The Morgan fingerprint density at radius 3 is 2.48 bits per heavy atom. The Labute approximate surface area is 134 Å². The summed E-state index contributed by atoms with van der Waals surface area (Å²) in [6, 6.07) is 6.29. The molecule has 2 heterocycles. The van der Waals surface area contributed by atoms with E-state index in [1.165, 1.54) is 12.1 Å². The average Bonchev–Trinajstić information content (AvgIpc) is 2.92. The lowest BCUT2D eigenvalue weighted by molar-refractivity contribution is -0.188. The smallest absolute Gasteiger partial charge is 0.338 e. The zero-order valence-electron chi connectivity index (χ0n) is 13.0. The molecule has 2 aliphatic rings. The second-order valence-electron chi connectivity index (χ2n) is 6.05. The van der Waals surface area contributed by atoms with Gasteiger partial charge in [-0.25, -0.2) is 4.79 Å². The van der Waals surface area contributed by atoms with Gasteiger partial charge in [-0.05, 0) is 32.9 Å². The highest BCUT2D eigenvalue weighted by Gasteiger charge is 2.56. The minimum atomic E-state index is -3.93. The molecule has 3 unspecified atom stereocenters. The van der Waals surface area contributed by atoms with Crippen LogP contribution in [0, 0.1) is 6.92 Å². The Bertz CT molecular complexity index is 708. The van der Waals surface area contributed by atoms with Gasteiger partial charge >= 0.3 is 5.97 Å². The zero-order valence-corrected chi connectivity index (χ0v) is 13.8. The number of hydrogen-bond acceptors (Lipinski definition) is 7. The Kier molecular flexibility index (Phi) is 3.96. The molecule has 0 spiro atoms. The number of rotatable bonds is 4. The molecular formula is C15H18O7S. The normalized spacial score (nSPS) is 29.3. The van der Waals surface area contributed by atoms with Crippen LogP contribution in [0.5, 0.6) is 0 Å². The van der Waals surface area contributed by atoms with Crippen molar-refractivity contribution >= 4 is 16.1 Å². The van der Waals surface area contributed by atoms with Gasteiger partial charge in [0.25, 0.3) is 10.1 Å². The van der Waals surface area contributed by atoms with Gasteiger partial charge in [-0.2, -0.15) is 8.42 Å². The summed E-state index contributed by atoms with van der Waals surface area (Å²) in [5, 5.41) is 0. The molecule has 7 nitrogen and oxygen atoms in total. The van der Waals surface area contributed by atoms with Crippen LogP contribution in [0.1, 0.15) is 19.4 Å². The Hall–Kier alpha value is -1.48. The van der Waals surface area contributed by atoms with E-state index in [4.69, 9.17) is 18.4 Å². The molecule has 2 aliphatic heterocycles. The van der Waals surface area contributed by atoms with Crippen LogP contribution in [-0.4, -0.2) is 45.1 Å². The van der Waals surface area contributed by atoms with Crippen LogP contribution in [0.15, 0.2) is 29.2 Å². The monoisotopic (exact) mass is 342 g/mol. The van der Waals surface area contributed by atoms with Crippen molar-refractivity contribution in [3.05, 3.63) is 29.8 Å². The minimum absolute atomic E-state index is 0.0490. The molecule has 1 aromatic carbocycles. The summed E-state index contributed by atoms with van der Waals surface area (Å²) in [6.45, 7) is 4.90. The first-order valence-corrected chi connectivity index (χ1v) is 8.61. The Balaban J connectivity index is 1.68. The lowest BCUT2D eigenvalue weighted by Gasteiger charge is -2.21. The standard InChI is InChI=1S/C15H18O7S/c1-9-4-6-10(7-5-9)23(17,18)19-8-11-12-13(14(16)20-11)22-15(2,3)21-12/h4-7,11-13H,8H2,1-3H3. The highest BCUT2D eigenvalue weighted by atomic mass is 32.2. The van der Waals surface area contributed by atoms with Gasteiger partial charge in [-0.15, -0.1) is 0 Å². The van der Waals surface area contributed by atoms with Crippen molar-refractivity contribution in [1.82, 2.24) is 0 Å². The largest absolute Gasteiger partial charge is 0.455 e. The van der Waals surface area contributed by atoms with Crippen LogP contribution < -0.4 is 0 Å². The SMILES string of the molecule is Cc1ccc(S(=O)(=O)OCC2OC(=O)C3OC(C)(C)OC23)cc1. The number of benzene rings is 1. The molecule has 0 radical (unpaired) electrons. The summed E-state index contributed by atoms with van der Waals surface area (Å²) in [6.07, 6.45) is -2.35. The molecule has 0 saturated carbocycles. The van der Waals surface area contributed by atoms with Crippen molar-refractivity contribution in [2.75, 3.05) is 6.61 Å².